The van der Waals surface area contributed by atoms with E-state index < -0.39 is 0 Å². The highest BCUT2D eigenvalue weighted by Gasteiger charge is 2.16. The molecule has 1 aromatic rings. The first-order chi connectivity index (χ1) is 8.65. The van der Waals surface area contributed by atoms with E-state index in [0.717, 1.165) is 25.9 Å². The molecule has 0 saturated carbocycles. The minimum Gasteiger partial charge on any atom is -0.368 e. The van der Waals surface area contributed by atoms with Crippen LogP contribution in [0.15, 0.2) is 0 Å². The van der Waals surface area contributed by atoms with Crippen LogP contribution >= 0.6 is 11.6 Å². The number of nitrogens with one attached hydrogen (secondary N) is 1. The first-order valence-electron chi connectivity index (χ1n) is 5.84. The summed E-state index contributed by atoms with van der Waals surface area (Å²) in [5.41, 5.74) is 5.43. The van der Waals surface area contributed by atoms with E-state index in [1.165, 1.54) is 6.42 Å². The summed E-state index contributed by atoms with van der Waals surface area (Å²) in [6, 6.07) is 0. The lowest BCUT2D eigenvalue weighted by atomic mass is 10.1. The van der Waals surface area contributed by atoms with Crippen LogP contribution in [0.1, 0.15) is 19.3 Å². The lowest BCUT2D eigenvalue weighted by Crippen LogP contribution is -2.39. The molecular formula is C10H15ClN6O. The van der Waals surface area contributed by atoms with Gasteiger partial charge < -0.3 is 16.0 Å². The predicted molar refractivity (Wildman–Crippen MR) is 68.2 cm³/mol. The molecule has 1 aliphatic rings. The quantitative estimate of drug-likeness (QED) is 0.832. The van der Waals surface area contributed by atoms with Crippen LogP contribution in [0.2, 0.25) is 5.28 Å². The van der Waals surface area contributed by atoms with E-state index in [1.54, 1.807) is 0 Å². The van der Waals surface area contributed by atoms with Crippen LogP contribution in [0.4, 0.5) is 11.9 Å². The van der Waals surface area contributed by atoms with Crippen LogP contribution in [0, 0.1) is 0 Å². The van der Waals surface area contributed by atoms with Gasteiger partial charge in [-0.1, -0.05) is 0 Å². The van der Waals surface area contributed by atoms with Crippen LogP contribution in [-0.2, 0) is 4.79 Å². The first-order valence-corrected chi connectivity index (χ1v) is 6.21. The standard InChI is InChI=1S/C10H15ClN6O/c11-8-14-9(12)16-10(15-8)13-6-7(18)17-4-2-1-3-5-17/h1-6H2,(H3,12,13,14,15,16). The van der Waals surface area contributed by atoms with Gasteiger partial charge in [0.05, 0.1) is 6.54 Å². The Labute approximate surface area is 110 Å². The molecule has 1 fully saturated rings. The number of rotatable bonds is 3. The van der Waals surface area contributed by atoms with E-state index >= 15 is 0 Å². The molecule has 7 nitrogen and oxygen atoms in total. The van der Waals surface area contributed by atoms with Crippen molar-refractivity contribution in [2.75, 3.05) is 30.7 Å². The summed E-state index contributed by atoms with van der Waals surface area (Å²) in [6.45, 7) is 1.78. The van der Waals surface area contributed by atoms with Gasteiger partial charge in [-0.25, -0.2) is 0 Å². The SMILES string of the molecule is Nc1nc(Cl)nc(NCC(=O)N2CCCCC2)n1. The second-order valence-electron chi connectivity index (χ2n) is 4.08. The molecule has 98 valence electrons. The zero-order valence-electron chi connectivity index (χ0n) is 9.90. The summed E-state index contributed by atoms with van der Waals surface area (Å²) in [5, 5.41) is 2.82. The highest BCUT2D eigenvalue weighted by molar-refractivity contribution is 6.28. The van der Waals surface area contributed by atoms with E-state index in [4.69, 9.17) is 17.3 Å². The molecule has 1 aliphatic heterocycles. The summed E-state index contributed by atoms with van der Waals surface area (Å²) in [4.78, 5) is 25.0. The van der Waals surface area contributed by atoms with Crippen LogP contribution < -0.4 is 11.1 Å². The third kappa shape index (κ3) is 3.43. The number of anilines is 2. The largest absolute Gasteiger partial charge is 0.368 e. The van der Waals surface area contributed by atoms with Crippen molar-refractivity contribution in [3.63, 3.8) is 0 Å². The number of nitrogens with two attached hydrogens (primary N) is 1. The van der Waals surface area contributed by atoms with E-state index in [1.807, 2.05) is 4.90 Å². The summed E-state index contributed by atoms with van der Waals surface area (Å²) in [6.07, 6.45) is 3.32. The second kappa shape index (κ2) is 5.81. The Morgan fingerprint density at radius 2 is 2.00 bits per heavy atom. The Hall–Kier alpha value is -1.63. The van der Waals surface area contributed by atoms with E-state index in [-0.39, 0.29) is 29.6 Å². The minimum absolute atomic E-state index is 0.00965. The molecule has 18 heavy (non-hydrogen) atoms. The maximum Gasteiger partial charge on any atom is 0.241 e. The predicted octanol–water partition coefficient (Wildman–Crippen LogP) is 0.532. The fourth-order valence-corrected chi connectivity index (χ4v) is 2.02. The molecule has 0 radical (unpaired) electrons. The van der Waals surface area contributed by atoms with Crippen LogP contribution in [-0.4, -0.2) is 45.4 Å². The highest BCUT2D eigenvalue weighted by Crippen LogP contribution is 2.10. The zero-order valence-corrected chi connectivity index (χ0v) is 10.7. The van der Waals surface area contributed by atoms with Crippen molar-refractivity contribution in [3.05, 3.63) is 5.28 Å². The molecule has 1 saturated heterocycles. The molecule has 0 bridgehead atoms. The van der Waals surface area contributed by atoms with Crippen molar-refractivity contribution in [2.24, 2.45) is 0 Å². The number of nitrogen functional groups attached to an aromatic ring is 1. The maximum atomic E-state index is 11.9. The molecule has 0 spiro atoms. The molecule has 3 N–H and O–H groups in total. The summed E-state index contributed by atoms with van der Waals surface area (Å²) in [7, 11) is 0. The average Bonchev–Trinajstić information content (AvgIpc) is 2.36. The number of nitrogens with zero attached hydrogens (tertiary/aromatic N) is 4. The molecule has 8 heteroatoms. The molecule has 0 aliphatic carbocycles. The average molecular weight is 271 g/mol. The van der Waals surface area contributed by atoms with Crippen molar-refractivity contribution < 1.29 is 4.79 Å². The number of aromatic nitrogens is 3. The number of hydrogen-bond donors (Lipinski definition) is 2. The minimum atomic E-state index is 0.00965. The number of carbonyl (C=O) groups excluding carboxylic acids is 1. The lowest BCUT2D eigenvalue weighted by molar-refractivity contribution is -0.130. The van der Waals surface area contributed by atoms with Gasteiger partial charge in [-0.05, 0) is 30.9 Å². The monoisotopic (exact) mass is 270 g/mol. The number of carbonyl (C=O) groups is 1. The lowest BCUT2D eigenvalue weighted by Gasteiger charge is -2.26. The summed E-state index contributed by atoms with van der Waals surface area (Å²) >= 11 is 5.64. The van der Waals surface area contributed by atoms with Crippen molar-refractivity contribution in [2.45, 2.75) is 19.3 Å². The third-order valence-electron chi connectivity index (χ3n) is 2.73. The number of likely N-dealkylation sites (tertiary alicyclic amines) is 1. The van der Waals surface area contributed by atoms with Crippen molar-refractivity contribution in [3.8, 4) is 0 Å². The number of piperidine rings is 1. The number of halogens is 1. The highest BCUT2D eigenvalue weighted by atomic mass is 35.5. The number of hydrogen-bond acceptors (Lipinski definition) is 6. The zero-order chi connectivity index (χ0) is 13.0. The van der Waals surface area contributed by atoms with Gasteiger partial charge in [-0.2, -0.15) is 15.0 Å². The molecule has 0 unspecified atom stereocenters. The smallest absolute Gasteiger partial charge is 0.241 e. The van der Waals surface area contributed by atoms with Crippen molar-refractivity contribution >= 4 is 29.4 Å². The van der Waals surface area contributed by atoms with Crippen molar-refractivity contribution in [1.82, 2.24) is 19.9 Å². The fourth-order valence-electron chi connectivity index (χ4n) is 1.85. The first kappa shape index (κ1) is 12.8. The van der Waals surface area contributed by atoms with E-state index in [0.29, 0.717) is 0 Å². The van der Waals surface area contributed by atoms with Gasteiger partial charge in [0.15, 0.2) is 0 Å². The molecule has 2 rings (SSSR count). The maximum absolute atomic E-state index is 11.9. The van der Waals surface area contributed by atoms with Crippen molar-refractivity contribution in [1.29, 1.82) is 0 Å². The third-order valence-corrected chi connectivity index (χ3v) is 2.90. The molecule has 1 amide bonds. The van der Waals surface area contributed by atoms with Gasteiger partial charge in [-0.15, -0.1) is 0 Å². The van der Waals surface area contributed by atoms with Gasteiger partial charge >= 0.3 is 0 Å². The molecule has 2 heterocycles. The van der Waals surface area contributed by atoms with Crippen LogP contribution in [0.25, 0.3) is 0 Å². The normalized spacial score (nSPS) is 15.5. The summed E-state index contributed by atoms with van der Waals surface area (Å²) in [5.74, 6) is 0.283. The molecule has 1 aromatic heterocycles. The van der Waals surface area contributed by atoms with E-state index in [2.05, 4.69) is 20.3 Å². The Kier molecular flexibility index (Phi) is 4.14. The van der Waals surface area contributed by atoms with Gasteiger partial charge in [-0.3, -0.25) is 4.79 Å². The number of amides is 1. The Morgan fingerprint density at radius 3 is 2.67 bits per heavy atom. The summed E-state index contributed by atoms with van der Waals surface area (Å²) < 4.78 is 0. The van der Waals surface area contributed by atoms with Gasteiger partial charge in [0.25, 0.3) is 0 Å². The molecule has 0 atom stereocenters. The van der Waals surface area contributed by atoms with Crippen LogP contribution in [0.5, 0.6) is 0 Å². The van der Waals surface area contributed by atoms with E-state index in [9.17, 15) is 4.79 Å². The fraction of sp³-hybridized carbons (Fsp3) is 0.600. The Bertz CT molecular complexity index is 414. The second-order valence-corrected chi connectivity index (χ2v) is 4.42. The van der Waals surface area contributed by atoms with Crippen LogP contribution in [0.3, 0.4) is 0 Å². The molecular weight excluding hydrogens is 256 g/mol. The Balaban J connectivity index is 1.88. The van der Waals surface area contributed by atoms with Gasteiger partial charge in [0, 0.05) is 13.1 Å². The van der Waals surface area contributed by atoms with Gasteiger partial charge in [0.2, 0.25) is 23.1 Å². The molecule has 0 aromatic carbocycles. The topological polar surface area (TPSA) is 97.0 Å². The Morgan fingerprint density at radius 1 is 1.28 bits per heavy atom. The van der Waals surface area contributed by atoms with Gasteiger partial charge in [0.1, 0.15) is 0 Å².